The third-order valence-corrected chi connectivity index (χ3v) is 3.24. The highest BCUT2D eigenvalue weighted by molar-refractivity contribution is 9.09. The van der Waals surface area contributed by atoms with Crippen molar-refractivity contribution < 1.29 is 4.79 Å². The third-order valence-electron chi connectivity index (χ3n) is 2.68. The first kappa shape index (κ1) is 13.0. The zero-order valence-electron chi connectivity index (χ0n) is 10.0. The number of hydrogen-bond donors (Lipinski definition) is 1. The van der Waals surface area contributed by atoms with E-state index in [2.05, 4.69) is 26.2 Å². The summed E-state index contributed by atoms with van der Waals surface area (Å²) in [5.41, 5.74) is 1.33. The fraction of sp³-hybridized carbons (Fsp3) is 0.286. The molecule has 3 nitrogen and oxygen atoms in total. The van der Waals surface area contributed by atoms with Gasteiger partial charge in [0.2, 0.25) is 0 Å². The van der Waals surface area contributed by atoms with Gasteiger partial charge in [-0.2, -0.15) is 0 Å². The average Bonchev–Trinajstić information content (AvgIpc) is 2.43. The van der Waals surface area contributed by atoms with E-state index >= 15 is 0 Å². The van der Waals surface area contributed by atoms with E-state index in [9.17, 15) is 4.79 Å². The van der Waals surface area contributed by atoms with Crippen molar-refractivity contribution in [1.29, 1.82) is 0 Å². The van der Waals surface area contributed by atoms with Crippen molar-refractivity contribution in [2.75, 3.05) is 11.9 Å². The number of benzene rings is 1. The minimum Gasteiger partial charge on any atom is -0.351 e. The molecule has 0 spiro atoms. The molecule has 0 radical (unpaired) electrons. The maximum atomic E-state index is 11.9. The fourth-order valence-electron chi connectivity index (χ4n) is 1.70. The lowest BCUT2D eigenvalue weighted by Gasteiger charge is -2.05. The maximum Gasteiger partial charge on any atom is 0.269 e. The van der Waals surface area contributed by atoms with Gasteiger partial charge in [-0.25, -0.2) is 4.98 Å². The summed E-state index contributed by atoms with van der Waals surface area (Å²) < 4.78 is 0. The predicted octanol–water partition coefficient (Wildman–Crippen LogP) is 3.14. The second-order valence-electron chi connectivity index (χ2n) is 4.04. The summed E-state index contributed by atoms with van der Waals surface area (Å²) in [5, 5.41) is 4.89. The smallest absolute Gasteiger partial charge is 0.269 e. The molecule has 4 heteroatoms. The number of halogens is 1. The molecule has 0 bridgehead atoms. The summed E-state index contributed by atoms with van der Waals surface area (Å²) in [4.78, 5) is 16.2. The summed E-state index contributed by atoms with van der Waals surface area (Å²) in [5.74, 6) is -0.102. The van der Waals surface area contributed by atoms with Gasteiger partial charge in [0.15, 0.2) is 0 Å². The first-order valence-corrected chi connectivity index (χ1v) is 7.13. The van der Waals surface area contributed by atoms with Crippen LogP contribution in [0.4, 0.5) is 0 Å². The summed E-state index contributed by atoms with van der Waals surface area (Å²) in [6.45, 7) is 0.693. The first-order chi connectivity index (χ1) is 8.81. The molecule has 1 amide bonds. The first-order valence-electron chi connectivity index (χ1n) is 6.01. The van der Waals surface area contributed by atoms with E-state index in [-0.39, 0.29) is 5.91 Å². The molecule has 2 rings (SSSR count). The number of rotatable bonds is 5. The molecule has 0 saturated heterocycles. The number of nitrogens with one attached hydrogen (secondary N) is 1. The van der Waals surface area contributed by atoms with Gasteiger partial charge in [0.25, 0.3) is 5.91 Å². The molecule has 94 valence electrons. The van der Waals surface area contributed by atoms with Crippen molar-refractivity contribution in [3.05, 3.63) is 42.1 Å². The lowest BCUT2D eigenvalue weighted by Crippen LogP contribution is -2.25. The Morgan fingerprint density at radius 3 is 2.83 bits per heavy atom. The Balaban J connectivity index is 2.04. The van der Waals surface area contributed by atoms with Gasteiger partial charge < -0.3 is 5.32 Å². The standard InChI is InChI=1S/C14H15BrN2O/c15-9-3-4-10-16-14(18)13-8-7-11-5-1-2-6-12(11)17-13/h1-2,5-8H,3-4,9-10H2,(H,16,18). The molecule has 18 heavy (non-hydrogen) atoms. The van der Waals surface area contributed by atoms with Crippen LogP contribution in [0.15, 0.2) is 36.4 Å². The number of aromatic nitrogens is 1. The van der Waals surface area contributed by atoms with E-state index in [1.165, 1.54) is 0 Å². The van der Waals surface area contributed by atoms with Gasteiger partial charge in [-0.05, 0) is 25.0 Å². The minimum atomic E-state index is -0.102. The molecule has 0 saturated carbocycles. The molecule has 2 aromatic rings. The molecule has 0 fully saturated rings. The van der Waals surface area contributed by atoms with Crippen LogP contribution in [0, 0.1) is 0 Å². The molecule has 0 aliphatic carbocycles. The van der Waals surface area contributed by atoms with Gasteiger partial charge in [0.1, 0.15) is 5.69 Å². The van der Waals surface area contributed by atoms with Crippen molar-refractivity contribution in [3.63, 3.8) is 0 Å². The van der Waals surface area contributed by atoms with E-state index in [0.29, 0.717) is 12.2 Å². The molecule has 1 aromatic heterocycles. The molecule has 1 aromatic carbocycles. The highest BCUT2D eigenvalue weighted by Crippen LogP contribution is 2.11. The van der Waals surface area contributed by atoms with Crippen LogP contribution in [0.3, 0.4) is 0 Å². The predicted molar refractivity (Wildman–Crippen MR) is 77.1 cm³/mol. The van der Waals surface area contributed by atoms with Crippen LogP contribution in [0.25, 0.3) is 10.9 Å². The third kappa shape index (κ3) is 3.29. The van der Waals surface area contributed by atoms with Crippen molar-refractivity contribution in [1.82, 2.24) is 10.3 Å². The van der Waals surface area contributed by atoms with E-state index in [4.69, 9.17) is 0 Å². The number of nitrogens with zero attached hydrogens (tertiary/aromatic N) is 1. The van der Waals surface area contributed by atoms with Crippen molar-refractivity contribution >= 4 is 32.7 Å². The highest BCUT2D eigenvalue weighted by Gasteiger charge is 2.06. The summed E-state index contributed by atoms with van der Waals surface area (Å²) in [6.07, 6.45) is 2.04. The zero-order chi connectivity index (χ0) is 12.8. The Hall–Kier alpha value is -1.42. The Labute approximate surface area is 115 Å². The number of carbonyl (C=O) groups excluding carboxylic acids is 1. The van der Waals surface area contributed by atoms with Gasteiger partial charge in [-0.3, -0.25) is 4.79 Å². The molecule has 1 N–H and O–H groups in total. The lowest BCUT2D eigenvalue weighted by molar-refractivity contribution is 0.0948. The Morgan fingerprint density at radius 1 is 1.17 bits per heavy atom. The van der Waals surface area contributed by atoms with Crippen LogP contribution in [-0.4, -0.2) is 22.8 Å². The molecular formula is C14H15BrN2O. The topological polar surface area (TPSA) is 42.0 Å². The lowest BCUT2D eigenvalue weighted by atomic mass is 10.2. The Kier molecular flexibility index (Phi) is 4.70. The van der Waals surface area contributed by atoms with Gasteiger partial charge in [0, 0.05) is 17.3 Å². The zero-order valence-corrected chi connectivity index (χ0v) is 11.6. The second kappa shape index (κ2) is 6.50. The Morgan fingerprint density at radius 2 is 2.00 bits per heavy atom. The van der Waals surface area contributed by atoms with E-state index in [1.54, 1.807) is 6.07 Å². The van der Waals surface area contributed by atoms with Crippen LogP contribution in [0.2, 0.25) is 0 Å². The number of pyridine rings is 1. The summed E-state index contributed by atoms with van der Waals surface area (Å²) >= 11 is 3.36. The highest BCUT2D eigenvalue weighted by atomic mass is 79.9. The van der Waals surface area contributed by atoms with Crippen LogP contribution >= 0.6 is 15.9 Å². The van der Waals surface area contributed by atoms with E-state index < -0.39 is 0 Å². The summed E-state index contributed by atoms with van der Waals surface area (Å²) in [6, 6.07) is 11.5. The maximum absolute atomic E-state index is 11.9. The summed E-state index contributed by atoms with van der Waals surface area (Å²) in [7, 11) is 0. The van der Waals surface area contributed by atoms with Gasteiger partial charge >= 0.3 is 0 Å². The van der Waals surface area contributed by atoms with Crippen LogP contribution < -0.4 is 5.32 Å². The van der Waals surface area contributed by atoms with Crippen molar-refractivity contribution in [2.24, 2.45) is 0 Å². The van der Waals surface area contributed by atoms with Gasteiger partial charge in [-0.1, -0.05) is 40.2 Å². The number of fused-ring (bicyclic) bond motifs is 1. The average molecular weight is 307 g/mol. The molecule has 0 aliphatic heterocycles. The normalized spacial score (nSPS) is 10.5. The number of para-hydroxylation sites is 1. The number of alkyl halides is 1. The number of unbranched alkanes of at least 4 members (excludes halogenated alkanes) is 1. The number of hydrogen-bond acceptors (Lipinski definition) is 2. The van der Waals surface area contributed by atoms with Crippen LogP contribution in [-0.2, 0) is 0 Å². The van der Waals surface area contributed by atoms with Crippen LogP contribution in [0.1, 0.15) is 23.3 Å². The molecule has 0 atom stereocenters. The van der Waals surface area contributed by atoms with Gasteiger partial charge in [-0.15, -0.1) is 0 Å². The monoisotopic (exact) mass is 306 g/mol. The van der Waals surface area contributed by atoms with Gasteiger partial charge in [0.05, 0.1) is 5.52 Å². The van der Waals surface area contributed by atoms with E-state index in [1.807, 2.05) is 30.3 Å². The molecule has 0 unspecified atom stereocenters. The molecular weight excluding hydrogens is 292 g/mol. The largest absolute Gasteiger partial charge is 0.351 e. The fourth-order valence-corrected chi connectivity index (χ4v) is 2.10. The van der Waals surface area contributed by atoms with Crippen molar-refractivity contribution in [2.45, 2.75) is 12.8 Å². The SMILES string of the molecule is O=C(NCCCCBr)c1ccc2ccccc2n1. The minimum absolute atomic E-state index is 0.102. The molecule has 1 heterocycles. The van der Waals surface area contributed by atoms with Crippen molar-refractivity contribution in [3.8, 4) is 0 Å². The van der Waals surface area contributed by atoms with E-state index in [0.717, 1.165) is 29.1 Å². The molecule has 0 aliphatic rings. The Bertz CT molecular complexity index is 542. The number of carbonyl (C=O) groups is 1. The van der Waals surface area contributed by atoms with Crippen LogP contribution in [0.5, 0.6) is 0 Å². The second-order valence-corrected chi connectivity index (χ2v) is 4.83. The quantitative estimate of drug-likeness (QED) is 0.681. The number of amides is 1.